The van der Waals surface area contributed by atoms with Crippen molar-refractivity contribution in [3.05, 3.63) is 59.4 Å². The van der Waals surface area contributed by atoms with Crippen molar-refractivity contribution in [3.8, 4) is 0 Å². The molecular weight excluding hydrogens is 330 g/mol. The van der Waals surface area contributed by atoms with E-state index in [0.717, 1.165) is 5.56 Å². The van der Waals surface area contributed by atoms with Gasteiger partial charge < -0.3 is 9.52 Å². The van der Waals surface area contributed by atoms with E-state index < -0.39 is 16.0 Å². The van der Waals surface area contributed by atoms with Crippen LogP contribution < -0.4 is 4.72 Å². The minimum absolute atomic E-state index is 0.0392. The van der Waals surface area contributed by atoms with Crippen LogP contribution in [0.25, 0.3) is 11.0 Å². The highest BCUT2D eigenvalue weighted by atomic mass is 32.2. The summed E-state index contributed by atoms with van der Waals surface area (Å²) in [6.45, 7) is 3.45. The molecule has 0 radical (unpaired) electrons. The van der Waals surface area contributed by atoms with Gasteiger partial charge in [0.1, 0.15) is 5.58 Å². The number of carboxylic acids is 1. The summed E-state index contributed by atoms with van der Waals surface area (Å²) < 4.78 is 32.9. The molecule has 0 spiro atoms. The van der Waals surface area contributed by atoms with Gasteiger partial charge in [-0.05, 0) is 49.7 Å². The number of sulfonamides is 1. The van der Waals surface area contributed by atoms with Crippen molar-refractivity contribution in [2.45, 2.75) is 18.7 Å². The van der Waals surface area contributed by atoms with Gasteiger partial charge in [0.25, 0.3) is 10.0 Å². The molecule has 124 valence electrons. The molecule has 1 aromatic heterocycles. The second-order valence-corrected chi connectivity index (χ2v) is 7.18. The van der Waals surface area contributed by atoms with E-state index in [2.05, 4.69) is 4.72 Å². The molecule has 0 bridgehead atoms. The number of nitrogens with one attached hydrogen (secondary N) is 1. The number of aryl methyl sites for hydroxylation is 2. The van der Waals surface area contributed by atoms with E-state index >= 15 is 0 Å². The average molecular weight is 345 g/mol. The second-order valence-electron chi connectivity index (χ2n) is 5.49. The maximum absolute atomic E-state index is 12.6. The quantitative estimate of drug-likeness (QED) is 0.754. The number of hydrogen-bond acceptors (Lipinski definition) is 4. The number of anilines is 1. The van der Waals surface area contributed by atoms with Crippen LogP contribution in [0.1, 0.15) is 21.7 Å². The largest absolute Gasteiger partial charge is 0.475 e. The summed E-state index contributed by atoms with van der Waals surface area (Å²) in [6, 6.07) is 11.3. The molecule has 2 aromatic carbocycles. The fourth-order valence-corrected chi connectivity index (χ4v) is 3.57. The van der Waals surface area contributed by atoms with Crippen molar-refractivity contribution in [1.29, 1.82) is 0 Å². The first-order valence-corrected chi connectivity index (χ1v) is 8.62. The van der Waals surface area contributed by atoms with Crippen molar-refractivity contribution in [3.63, 3.8) is 0 Å². The third-order valence-electron chi connectivity index (χ3n) is 3.68. The van der Waals surface area contributed by atoms with Crippen LogP contribution in [0, 0.1) is 13.8 Å². The molecule has 0 aliphatic carbocycles. The second kappa shape index (κ2) is 5.68. The van der Waals surface area contributed by atoms with E-state index in [0.29, 0.717) is 22.2 Å². The van der Waals surface area contributed by atoms with Gasteiger partial charge in [-0.2, -0.15) is 0 Å². The van der Waals surface area contributed by atoms with Crippen molar-refractivity contribution >= 4 is 32.6 Å². The molecule has 0 fully saturated rings. The number of aromatic carboxylic acids is 1. The summed E-state index contributed by atoms with van der Waals surface area (Å²) in [5.74, 6) is -1.38. The van der Waals surface area contributed by atoms with Gasteiger partial charge in [-0.25, -0.2) is 13.2 Å². The normalized spacial score (nSPS) is 11.6. The zero-order valence-electron chi connectivity index (χ0n) is 13.0. The van der Waals surface area contributed by atoms with Gasteiger partial charge in [0.15, 0.2) is 0 Å². The summed E-state index contributed by atoms with van der Waals surface area (Å²) in [5, 5.41) is 9.55. The Kier molecular flexibility index (Phi) is 3.81. The number of benzene rings is 2. The van der Waals surface area contributed by atoms with Crippen LogP contribution >= 0.6 is 0 Å². The lowest BCUT2D eigenvalue weighted by atomic mass is 10.1. The molecule has 6 nitrogen and oxygen atoms in total. The van der Waals surface area contributed by atoms with Crippen LogP contribution in [0.5, 0.6) is 0 Å². The third kappa shape index (κ3) is 2.85. The monoisotopic (exact) mass is 345 g/mol. The van der Waals surface area contributed by atoms with Crippen molar-refractivity contribution in [2.24, 2.45) is 0 Å². The summed E-state index contributed by atoms with van der Waals surface area (Å²) in [7, 11) is -3.79. The first kappa shape index (κ1) is 16.1. The van der Waals surface area contributed by atoms with Crippen LogP contribution in [0.3, 0.4) is 0 Å². The molecule has 7 heteroatoms. The number of carboxylic acid groups (broad SMARTS) is 1. The predicted molar refractivity (Wildman–Crippen MR) is 89.9 cm³/mol. The summed E-state index contributed by atoms with van der Waals surface area (Å²) in [4.78, 5) is 11.2. The molecule has 0 amide bonds. The lowest BCUT2D eigenvalue weighted by molar-refractivity contribution is 0.0664. The first-order chi connectivity index (χ1) is 11.3. The Morgan fingerprint density at radius 2 is 1.88 bits per heavy atom. The molecule has 2 N–H and O–H groups in total. The molecule has 3 rings (SSSR count). The summed E-state index contributed by atoms with van der Waals surface area (Å²) in [6.07, 6.45) is 0. The Morgan fingerprint density at radius 1 is 1.12 bits per heavy atom. The number of hydrogen-bond donors (Lipinski definition) is 2. The lowest BCUT2D eigenvalue weighted by Gasteiger charge is -2.08. The smallest absolute Gasteiger partial charge is 0.372 e. The standard InChI is InChI=1S/C17H15NO5S/c1-10-4-3-5-12(8-10)18-24(21,22)13-6-7-15-14(9-13)11(2)16(23-15)17(19)20/h3-9,18H,1-2H3,(H,19,20). The number of fused-ring (bicyclic) bond motifs is 1. The van der Waals surface area contributed by atoms with Gasteiger partial charge >= 0.3 is 5.97 Å². The van der Waals surface area contributed by atoms with Gasteiger partial charge in [-0.15, -0.1) is 0 Å². The van der Waals surface area contributed by atoms with Crippen LogP contribution in [-0.4, -0.2) is 19.5 Å². The van der Waals surface area contributed by atoms with Gasteiger partial charge in [-0.3, -0.25) is 4.72 Å². The zero-order chi connectivity index (χ0) is 17.5. The predicted octanol–water partition coefficient (Wildman–Crippen LogP) is 3.55. The maximum Gasteiger partial charge on any atom is 0.372 e. The maximum atomic E-state index is 12.6. The third-order valence-corrected chi connectivity index (χ3v) is 5.06. The van der Waals surface area contributed by atoms with Crippen LogP contribution in [0.4, 0.5) is 5.69 Å². The van der Waals surface area contributed by atoms with Gasteiger partial charge in [-0.1, -0.05) is 12.1 Å². The van der Waals surface area contributed by atoms with Crippen molar-refractivity contribution in [2.75, 3.05) is 4.72 Å². The molecule has 0 saturated heterocycles. The molecule has 0 saturated carbocycles. The topological polar surface area (TPSA) is 96.6 Å². The Labute approximate surface area is 138 Å². The van der Waals surface area contributed by atoms with Gasteiger partial charge in [0.05, 0.1) is 4.90 Å². The highest BCUT2D eigenvalue weighted by molar-refractivity contribution is 7.92. The molecule has 0 aliphatic heterocycles. The molecule has 0 unspecified atom stereocenters. The zero-order valence-corrected chi connectivity index (χ0v) is 13.8. The molecule has 24 heavy (non-hydrogen) atoms. The Hall–Kier alpha value is -2.80. The average Bonchev–Trinajstić information content (AvgIpc) is 2.84. The number of carbonyl (C=O) groups is 1. The van der Waals surface area contributed by atoms with E-state index in [-0.39, 0.29) is 10.7 Å². The van der Waals surface area contributed by atoms with Crippen molar-refractivity contribution < 1.29 is 22.7 Å². The highest BCUT2D eigenvalue weighted by Crippen LogP contribution is 2.28. The molecule has 1 heterocycles. The lowest BCUT2D eigenvalue weighted by Crippen LogP contribution is -2.12. The van der Waals surface area contributed by atoms with E-state index in [4.69, 9.17) is 9.52 Å². The molecule has 3 aromatic rings. The van der Waals surface area contributed by atoms with Crippen LogP contribution in [0.2, 0.25) is 0 Å². The van der Waals surface area contributed by atoms with Gasteiger partial charge in [0.2, 0.25) is 5.76 Å². The van der Waals surface area contributed by atoms with Crippen LogP contribution in [-0.2, 0) is 10.0 Å². The number of rotatable bonds is 4. The minimum atomic E-state index is -3.79. The van der Waals surface area contributed by atoms with Crippen molar-refractivity contribution in [1.82, 2.24) is 0 Å². The summed E-state index contributed by atoms with van der Waals surface area (Å²) in [5.41, 5.74) is 2.12. The van der Waals surface area contributed by atoms with Gasteiger partial charge in [0, 0.05) is 16.6 Å². The highest BCUT2D eigenvalue weighted by Gasteiger charge is 2.20. The molecular formula is C17H15NO5S. The molecule has 0 aliphatic rings. The fraction of sp³-hybridized carbons (Fsp3) is 0.118. The Bertz CT molecular complexity index is 1050. The number of furan rings is 1. The Morgan fingerprint density at radius 3 is 2.54 bits per heavy atom. The van der Waals surface area contributed by atoms with E-state index in [1.165, 1.54) is 18.2 Å². The van der Waals surface area contributed by atoms with Crippen LogP contribution in [0.15, 0.2) is 51.8 Å². The summed E-state index contributed by atoms with van der Waals surface area (Å²) >= 11 is 0. The molecule has 0 atom stereocenters. The van der Waals surface area contributed by atoms with E-state index in [1.54, 1.807) is 25.1 Å². The van der Waals surface area contributed by atoms with E-state index in [9.17, 15) is 13.2 Å². The van der Waals surface area contributed by atoms with E-state index in [1.807, 2.05) is 13.0 Å². The first-order valence-electron chi connectivity index (χ1n) is 7.14. The fourth-order valence-electron chi connectivity index (χ4n) is 2.49. The minimum Gasteiger partial charge on any atom is -0.475 e. The SMILES string of the molecule is Cc1cccc(NS(=O)(=O)c2ccc3oc(C(=O)O)c(C)c3c2)c1. The Balaban J connectivity index is 2.04.